The van der Waals surface area contributed by atoms with Crippen LogP contribution in [0.1, 0.15) is 21.8 Å². The molecule has 0 spiro atoms. The minimum absolute atomic E-state index is 0.0670. The van der Waals surface area contributed by atoms with Crippen molar-refractivity contribution in [2.45, 2.75) is 13.3 Å². The molecule has 2 amide bonds. The maximum Gasteiger partial charge on any atom is 0.264 e. The summed E-state index contributed by atoms with van der Waals surface area (Å²) >= 11 is 1.43. The molecular weight excluding hydrogens is 276 g/mol. The fourth-order valence-electron chi connectivity index (χ4n) is 2.45. The standard InChI is InChI=1S/C13H16N4O2S/c1-8-9-6-10(20-13(9)16(2)15-8)12(19)17-5-3-4-14-11(18)7-17/h6H,3-5,7H2,1-2H3,(H,14,18). The number of hydrogen-bond acceptors (Lipinski definition) is 4. The zero-order valence-electron chi connectivity index (χ0n) is 11.5. The van der Waals surface area contributed by atoms with Crippen molar-refractivity contribution in [3.63, 3.8) is 0 Å². The van der Waals surface area contributed by atoms with Gasteiger partial charge in [-0.3, -0.25) is 14.3 Å². The van der Waals surface area contributed by atoms with Crippen molar-refractivity contribution in [1.29, 1.82) is 0 Å². The van der Waals surface area contributed by atoms with E-state index in [-0.39, 0.29) is 18.4 Å². The lowest BCUT2D eigenvalue weighted by Gasteiger charge is -2.17. The summed E-state index contributed by atoms with van der Waals surface area (Å²) in [6.07, 6.45) is 0.795. The molecule has 0 aliphatic carbocycles. The molecule has 2 aromatic heterocycles. The topological polar surface area (TPSA) is 67.2 Å². The molecule has 1 N–H and O–H groups in total. The molecule has 0 radical (unpaired) electrons. The van der Waals surface area contributed by atoms with Crippen LogP contribution in [-0.4, -0.2) is 46.1 Å². The summed E-state index contributed by atoms with van der Waals surface area (Å²) < 4.78 is 1.79. The third kappa shape index (κ3) is 2.18. The van der Waals surface area contributed by atoms with Gasteiger partial charge in [-0.2, -0.15) is 5.10 Å². The number of fused-ring (bicyclic) bond motifs is 1. The van der Waals surface area contributed by atoms with Gasteiger partial charge in [0.1, 0.15) is 4.83 Å². The van der Waals surface area contributed by atoms with E-state index in [1.807, 2.05) is 20.0 Å². The normalized spacial score (nSPS) is 16.3. The lowest BCUT2D eigenvalue weighted by atomic mass is 10.3. The molecule has 1 aliphatic rings. The first-order valence-corrected chi connectivity index (χ1v) is 7.37. The lowest BCUT2D eigenvalue weighted by Crippen LogP contribution is -2.37. The second kappa shape index (κ2) is 4.90. The number of aryl methyl sites for hydroxylation is 2. The highest BCUT2D eigenvalue weighted by Crippen LogP contribution is 2.28. The van der Waals surface area contributed by atoms with Gasteiger partial charge in [0.15, 0.2) is 0 Å². The fraction of sp³-hybridized carbons (Fsp3) is 0.462. The monoisotopic (exact) mass is 292 g/mol. The van der Waals surface area contributed by atoms with E-state index in [2.05, 4.69) is 10.4 Å². The number of nitrogens with one attached hydrogen (secondary N) is 1. The van der Waals surface area contributed by atoms with Crippen LogP contribution in [0, 0.1) is 6.92 Å². The highest BCUT2D eigenvalue weighted by Gasteiger charge is 2.23. The van der Waals surface area contributed by atoms with Crippen LogP contribution < -0.4 is 5.32 Å². The second-order valence-corrected chi connectivity index (χ2v) is 6.00. The van der Waals surface area contributed by atoms with Crippen molar-refractivity contribution in [2.75, 3.05) is 19.6 Å². The van der Waals surface area contributed by atoms with E-state index in [0.717, 1.165) is 22.3 Å². The van der Waals surface area contributed by atoms with Gasteiger partial charge in [0.25, 0.3) is 5.91 Å². The smallest absolute Gasteiger partial charge is 0.264 e. The number of aromatic nitrogens is 2. The minimum Gasteiger partial charge on any atom is -0.354 e. The summed E-state index contributed by atoms with van der Waals surface area (Å²) in [7, 11) is 1.87. The Morgan fingerprint density at radius 3 is 3.05 bits per heavy atom. The van der Waals surface area contributed by atoms with Gasteiger partial charge < -0.3 is 10.2 Å². The van der Waals surface area contributed by atoms with E-state index in [1.54, 1.807) is 9.58 Å². The van der Waals surface area contributed by atoms with Crippen LogP contribution in [0.15, 0.2) is 6.07 Å². The van der Waals surface area contributed by atoms with E-state index >= 15 is 0 Å². The second-order valence-electron chi connectivity index (χ2n) is 4.97. The average molecular weight is 292 g/mol. The molecule has 0 unspecified atom stereocenters. The van der Waals surface area contributed by atoms with Crippen molar-refractivity contribution in [2.24, 2.45) is 7.05 Å². The van der Waals surface area contributed by atoms with E-state index in [9.17, 15) is 9.59 Å². The van der Waals surface area contributed by atoms with Gasteiger partial charge in [0, 0.05) is 25.5 Å². The third-order valence-electron chi connectivity index (χ3n) is 3.46. The summed E-state index contributed by atoms with van der Waals surface area (Å²) in [5, 5.41) is 8.12. The molecule has 106 valence electrons. The van der Waals surface area contributed by atoms with Gasteiger partial charge in [0.2, 0.25) is 5.91 Å². The van der Waals surface area contributed by atoms with E-state index < -0.39 is 0 Å². The first-order valence-electron chi connectivity index (χ1n) is 6.55. The maximum atomic E-state index is 12.5. The summed E-state index contributed by atoms with van der Waals surface area (Å²) in [6.45, 7) is 3.33. The fourth-order valence-corrected chi connectivity index (χ4v) is 3.54. The minimum atomic E-state index is -0.0881. The zero-order valence-corrected chi connectivity index (χ0v) is 12.3. The molecule has 1 fully saturated rings. The summed E-state index contributed by atoms with van der Waals surface area (Å²) in [5.74, 6) is -0.155. The van der Waals surface area contributed by atoms with Gasteiger partial charge in [0.05, 0.1) is 17.1 Å². The summed E-state index contributed by atoms with van der Waals surface area (Å²) in [4.78, 5) is 27.3. The van der Waals surface area contributed by atoms with Crippen molar-refractivity contribution < 1.29 is 9.59 Å². The van der Waals surface area contributed by atoms with Crippen LogP contribution in [0.25, 0.3) is 10.2 Å². The Balaban J connectivity index is 1.91. The van der Waals surface area contributed by atoms with Gasteiger partial charge in [-0.15, -0.1) is 11.3 Å². The lowest BCUT2D eigenvalue weighted by molar-refractivity contribution is -0.121. The molecule has 1 aliphatic heterocycles. The Labute approximate surface area is 120 Å². The number of thiophene rings is 1. The Bertz CT molecular complexity index is 653. The van der Waals surface area contributed by atoms with E-state index in [4.69, 9.17) is 0 Å². The van der Waals surface area contributed by atoms with Crippen LogP contribution in [-0.2, 0) is 11.8 Å². The highest BCUT2D eigenvalue weighted by atomic mass is 32.1. The molecule has 0 aromatic carbocycles. The van der Waals surface area contributed by atoms with E-state index in [0.29, 0.717) is 18.0 Å². The molecule has 7 heteroatoms. The SMILES string of the molecule is Cc1nn(C)c2sc(C(=O)N3CCCNC(=O)C3)cc12. The molecule has 3 heterocycles. The molecule has 3 rings (SSSR count). The number of carbonyl (C=O) groups is 2. The number of amides is 2. The number of nitrogens with zero attached hydrogens (tertiary/aromatic N) is 3. The molecular formula is C13H16N4O2S. The highest BCUT2D eigenvalue weighted by molar-refractivity contribution is 7.20. The molecule has 0 saturated carbocycles. The molecule has 2 aromatic rings. The van der Waals surface area contributed by atoms with Crippen LogP contribution in [0.4, 0.5) is 0 Å². The first kappa shape index (κ1) is 13.1. The van der Waals surface area contributed by atoms with Crippen molar-refractivity contribution in [1.82, 2.24) is 20.0 Å². The Kier molecular flexibility index (Phi) is 3.21. The zero-order chi connectivity index (χ0) is 14.3. The summed E-state index contributed by atoms with van der Waals surface area (Å²) in [5.41, 5.74) is 0.923. The van der Waals surface area contributed by atoms with Gasteiger partial charge in [-0.05, 0) is 19.4 Å². The van der Waals surface area contributed by atoms with Gasteiger partial charge in [-0.25, -0.2) is 0 Å². The van der Waals surface area contributed by atoms with Crippen molar-refractivity contribution >= 4 is 33.4 Å². The van der Waals surface area contributed by atoms with Gasteiger partial charge >= 0.3 is 0 Å². The Hall–Kier alpha value is -1.89. The van der Waals surface area contributed by atoms with Crippen LogP contribution >= 0.6 is 11.3 Å². The third-order valence-corrected chi connectivity index (χ3v) is 4.65. The van der Waals surface area contributed by atoms with Crippen LogP contribution in [0.3, 0.4) is 0 Å². The van der Waals surface area contributed by atoms with Crippen molar-refractivity contribution in [3.05, 3.63) is 16.6 Å². The quantitative estimate of drug-likeness (QED) is 0.849. The van der Waals surface area contributed by atoms with Crippen LogP contribution in [0.2, 0.25) is 0 Å². The maximum absolute atomic E-state index is 12.5. The molecule has 6 nitrogen and oxygen atoms in total. The molecule has 20 heavy (non-hydrogen) atoms. The van der Waals surface area contributed by atoms with Crippen LogP contribution in [0.5, 0.6) is 0 Å². The first-order chi connectivity index (χ1) is 9.56. The number of hydrogen-bond donors (Lipinski definition) is 1. The molecule has 0 atom stereocenters. The summed E-state index contributed by atoms with van der Waals surface area (Å²) in [6, 6.07) is 1.88. The molecule has 1 saturated heterocycles. The van der Waals surface area contributed by atoms with Gasteiger partial charge in [-0.1, -0.05) is 0 Å². The van der Waals surface area contributed by atoms with E-state index in [1.165, 1.54) is 11.3 Å². The predicted octanol–water partition coefficient (Wildman–Crippen LogP) is 0.905. The number of carbonyl (C=O) groups excluding carboxylic acids is 2. The predicted molar refractivity (Wildman–Crippen MR) is 76.9 cm³/mol. The Morgan fingerprint density at radius 1 is 1.50 bits per heavy atom. The largest absolute Gasteiger partial charge is 0.354 e. The molecule has 0 bridgehead atoms. The average Bonchev–Trinajstić information content (AvgIpc) is 2.87. The number of rotatable bonds is 1. The van der Waals surface area contributed by atoms with Crippen molar-refractivity contribution in [3.8, 4) is 0 Å². The Morgan fingerprint density at radius 2 is 2.30 bits per heavy atom.